The first-order valence-electron chi connectivity index (χ1n) is 8.93. The first-order valence-corrected chi connectivity index (χ1v) is 10.4. The molecule has 2 aliphatic rings. The van der Waals surface area contributed by atoms with Crippen LogP contribution >= 0.6 is 0 Å². The van der Waals surface area contributed by atoms with Crippen LogP contribution in [0.15, 0.2) is 41.3 Å². The van der Waals surface area contributed by atoms with Gasteiger partial charge in [-0.2, -0.15) is 17.5 Å². The van der Waals surface area contributed by atoms with Crippen LogP contribution in [-0.4, -0.2) is 45.4 Å². The lowest BCUT2D eigenvalue weighted by atomic mass is 9.94. The molecule has 0 spiro atoms. The zero-order chi connectivity index (χ0) is 18.8. The monoisotopic (exact) mass is 389 g/mol. The van der Waals surface area contributed by atoms with E-state index in [9.17, 15) is 21.6 Å². The van der Waals surface area contributed by atoms with E-state index in [0.717, 1.165) is 37.9 Å². The van der Waals surface area contributed by atoms with Gasteiger partial charge in [0.2, 0.25) is 10.0 Å². The molecule has 1 aliphatic carbocycles. The fourth-order valence-electron chi connectivity index (χ4n) is 3.76. The number of nitrogens with zero attached hydrogens (tertiary/aromatic N) is 1. The van der Waals surface area contributed by atoms with Crippen molar-refractivity contribution in [2.75, 3.05) is 32.7 Å². The molecule has 3 rings (SSSR count). The Kier molecular flexibility index (Phi) is 5.74. The van der Waals surface area contributed by atoms with Gasteiger partial charge < -0.3 is 4.90 Å². The summed E-state index contributed by atoms with van der Waals surface area (Å²) < 4.78 is 66.2. The number of rotatable bonds is 4. The summed E-state index contributed by atoms with van der Waals surface area (Å²) in [5.41, 5.74) is -1.09. The molecule has 0 aromatic heterocycles. The molecule has 1 atom stereocenters. The Hall–Kier alpha value is -1.38. The van der Waals surface area contributed by atoms with Crippen LogP contribution in [0.5, 0.6) is 0 Å². The molecular weight excluding hydrogens is 365 g/mol. The number of hydrogen-bond acceptors (Lipinski definition) is 2. The summed E-state index contributed by atoms with van der Waals surface area (Å²) in [4.78, 5) is 0.689. The lowest BCUT2D eigenvalue weighted by Crippen LogP contribution is -3.15. The fourth-order valence-corrected chi connectivity index (χ4v) is 5.42. The van der Waals surface area contributed by atoms with E-state index in [4.69, 9.17) is 0 Å². The summed E-state index contributed by atoms with van der Waals surface area (Å²) >= 11 is 0. The number of sulfonamides is 1. The maximum atomic E-state index is 13.2. The molecule has 1 fully saturated rings. The van der Waals surface area contributed by atoms with Gasteiger partial charge >= 0.3 is 6.18 Å². The molecule has 1 heterocycles. The molecule has 1 aliphatic heterocycles. The van der Waals surface area contributed by atoms with Gasteiger partial charge in [0.1, 0.15) is 0 Å². The number of nitrogens with one attached hydrogen (secondary N) is 1. The van der Waals surface area contributed by atoms with E-state index in [0.29, 0.717) is 19.0 Å². The quantitative estimate of drug-likeness (QED) is 0.800. The normalized spacial score (nSPS) is 23.3. The number of allylic oxidation sites excluding steroid dienone is 2. The minimum atomic E-state index is -4.69. The molecule has 1 N–H and O–H groups in total. The Morgan fingerprint density at radius 3 is 2.42 bits per heavy atom. The molecule has 0 saturated carbocycles. The van der Waals surface area contributed by atoms with E-state index in [1.807, 2.05) is 0 Å². The predicted molar refractivity (Wildman–Crippen MR) is 92.2 cm³/mol. The third-order valence-electron chi connectivity index (χ3n) is 5.19. The van der Waals surface area contributed by atoms with Crippen LogP contribution in [0, 0.1) is 5.92 Å². The highest BCUT2D eigenvalue weighted by Crippen LogP contribution is 2.35. The van der Waals surface area contributed by atoms with Crippen molar-refractivity contribution in [3.8, 4) is 0 Å². The summed E-state index contributed by atoms with van der Waals surface area (Å²) in [5.74, 6) is 0.615. The SMILES string of the molecule is O=S(=O)(c1ccccc1C(F)(F)F)N1CC[NH+](C[C@H]2CC=CCC2)CC1. The van der Waals surface area contributed by atoms with E-state index >= 15 is 0 Å². The second kappa shape index (κ2) is 7.70. The number of hydrogen-bond donors (Lipinski definition) is 1. The van der Waals surface area contributed by atoms with Gasteiger partial charge in [-0.3, -0.25) is 0 Å². The van der Waals surface area contributed by atoms with Gasteiger partial charge in [0.15, 0.2) is 0 Å². The number of quaternary nitrogens is 1. The highest BCUT2D eigenvalue weighted by molar-refractivity contribution is 7.89. The number of alkyl halides is 3. The maximum absolute atomic E-state index is 13.2. The van der Waals surface area contributed by atoms with Crippen molar-refractivity contribution >= 4 is 10.0 Å². The van der Waals surface area contributed by atoms with Crippen molar-refractivity contribution in [3.63, 3.8) is 0 Å². The van der Waals surface area contributed by atoms with E-state index < -0.39 is 26.7 Å². The second-order valence-electron chi connectivity index (χ2n) is 7.00. The number of halogens is 3. The largest absolute Gasteiger partial charge is 0.417 e. The Bertz CT molecular complexity index is 754. The van der Waals surface area contributed by atoms with Gasteiger partial charge in [0.25, 0.3) is 0 Å². The summed E-state index contributed by atoms with van der Waals surface area (Å²) in [6, 6.07) is 4.42. The average molecular weight is 389 g/mol. The lowest BCUT2D eigenvalue weighted by molar-refractivity contribution is -0.907. The fraction of sp³-hybridized carbons (Fsp3) is 0.556. The summed E-state index contributed by atoms with van der Waals surface area (Å²) in [6.45, 7) is 2.78. The maximum Gasteiger partial charge on any atom is 0.417 e. The van der Waals surface area contributed by atoms with Gasteiger partial charge in [-0.15, -0.1) is 0 Å². The molecule has 1 saturated heterocycles. The highest BCUT2D eigenvalue weighted by atomic mass is 32.2. The van der Waals surface area contributed by atoms with Gasteiger partial charge in [0.05, 0.1) is 43.2 Å². The smallest absolute Gasteiger partial charge is 0.333 e. The zero-order valence-electron chi connectivity index (χ0n) is 14.5. The molecule has 0 unspecified atom stereocenters. The van der Waals surface area contributed by atoms with Crippen molar-refractivity contribution < 1.29 is 26.5 Å². The van der Waals surface area contributed by atoms with Crippen molar-refractivity contribution in [1.82, 2.24) is 4.31 Å². The first-order chi connectivity index (χ1) is 12.3. The van der Waals surface area contributed by atoms with Crippen LogP contribution < -0.4 is 4.90 Å². The van der Waals surface area contributed by atoms with Crippen molar-refractivity contribution in [2.24, 2.45) is 5.92 Å². The van der Waals surface area contributed by atoms with Crippen molar-refractivity contribution in [2.45, 2.75) is 30.3 Å². The topological polar surface area (TPSA) is 41.8 Å². The van der Waals surface area contributed by atoms with Crippen molar-refractivity contribution in [1.29, 1.82) is 0 Å². The Morgan fingerprint density at radius 2 is 1.81 bits per heavy atom. The van der Waals surface area contributed by atoms with Crippen LogP contribution in [0.2, 0.25) is 0 Å². The van der Waals surface area contributed by atoms with Crippen LogP contribution in [0.3, 0.4) is 0 Å². The lowest BCUT2D eigenvalue weighted by Gasteiger charge is -2.34. The molecule has 1 aromatic carbocycles. The van der Waals surface area contributed by atoms with E-state index in [1.165, 1.54) is 21.3 Å². The second-order valence-corrected chi connectivity index (χ2v) is 8.91. The van der Waals surface area contributed by atoms with E-state index in [-0.39, 0.29) is 13.1 Å². The van der Waals surface area contributed by atoms with Gasteiger partial charge in [0, 0.05) is 5.92 Å². The Morgan fingerprint density at radius 1 is 1.12 bits per heavy atom. The van der Waals surface area contributed by atoms with Crippen LogP contribution in [0.1, 0.15) is 24.8 Å². The molecule has 144 valence electrons. The average Bonchev–Trinajstić information content (AvgIpc) is 2.62. The summed E-state index contributed by atoms with van der Waals surface area (Å²) in [5, 5.41) is 0. The third kappa shape index (κ3) is 4.29. The van der Waals surface area contributed by atoms with Crippen LogP contribution in [0.4, 0.5) is 13.2 Å². The predicted octanol–water partition coefficient (Wildman–Crippen LogP) is 1.95. The minimum absolute atomic E-state index is 0.256. The number of piperazine rings is 1. The molecule has 0 amide bonds. The standard InChI is InChI=1S/C18H23F3N2O2S/c19-18(20,21)16-8-4-5-9-17(16)26(24,25)23-12-10-22(11-13-23)14-15-6-2-1-3-7-15/h1-2,4-5,8-9,15H,3,6-7,10-14H2/p+1/t15-/m0/s1. The Labute approximate surface area is 152 Å². The number of benzene rings is 1. The molecular formula is C18H24F3N2O2S+. The molecule has 1 aromatic rings. The summed E-state index contributed by atoms with van der Waals surface area (Å²) in [6.07, 6.45) is 3.00. The first kappa shape index (κ1) is 19.4. The molecule has 8 heteroatoms. The van der Waals surface area contributed by atoms with E-state index in [2.05, 4.69) is 12.2 Å². The van der Waals surface area contributed by atoms with Gasteiger partial charge in [-0.1, -0.05) is 24.3 Å². The minimum Gasteiger partial charge on any atom is -0.333 e. The Balaban J connectivity index is 1.68. The molecule has 0 radical (unpaired) electrons. The van der Waals surface area contributed by atoms with E-state index in [1.54, 1.807) is 0 Å². The third-order valence-corrected chi connectivity index (χ3v) is 7.15. The van der Waals surface area contributed by atoms with Gasteiger partial charge in [-0.25, -0.2) is 8.42 Å². The molecule has 4 nitrogen and oxygen atoms in total. The highest BCUT2D eigenvalue weighted by Gasteiger charge is 2.40. The molecule has 0 bridgehead atoms. The van der Waals surface area contributed by atoms with Crippen LogP contribution in [-0.2, 0) is 16.2 Å². The molecule has 26 heavy (non-hydrogen) atoms. The van der Waals surface area contributed by atoms with Crippen molar-refractivity contribution in [3.05, 3.63) is 42.0 Å². The summed E-state index contributed by atoms with van der Waals surface area (Å²) in [7, 11) is -4.14. The van der Waals surface area contributed by atoms with Crippen LogP contribution in [0.25, 0.3) is 0 Å². The zero-order valence-corrected chi connectivity index (χ0v) is 15.3. The van der Waals surface area contributed by atoms with Gasteiger partial charge in [-0.05, 0) is 31.4 Å².